The maximum absolute atomic E-state index is 11.1. The van der Waals surface area contributed by atoms with E-state index in [1.54, 1.807) is 28.3 Å². The molecule has 1 saturated heterocycles. The first kappa shape index (κ1) is 35.6. The second-order valence-electron chi connectivity index (χ2n) is 13.0. The lowest BCUT2D eigenvalue weighted by Crippen LogP contribution is -2.43. The van der Waals surface area contributed by atoms with Crippen molar-refractivity contribution in [3.8, 4) is 5.75 Å². The quantitative estimate of drug-likeness (QED) is 0.0983. The number of aromatic hydroxyl groups is 1. The van der Waals surface area contributed by atoms with Crippen LogP contribution in [-0.4, -0.2) is 33.3 Å². The van der Waals surface area contributed by atoms with Gasteiger partial charge in [-0.1, -0.05) is 131 Å². The highest BCUT2D eigenvalue weighted by atomic mass is 32.2. The minimum atomic E-state index is -0.696. The SMILES string of the molecule is CCCCCCCCSC1OC(Nc2cc(C(C)(C)C)c(O)c(C(C)(C)C)c2)ON(SCCCCCCCC)O1. The van der Waals surface area contributed by atoms with Crippen LogP contribution in [-0.2, 0) is 25.2 Å². The molecule has 2 atom stereocenters. The van der Waals surface area contributed by atoms with Crippen molar-refractivity contribution >= 4 is 29.4 Å². The fourth-order valence-electron chi connectivity index (χ4n) is 4.60. The van der Waals surface area contributed by atoms with Crippen molar-refractivity contribution in [2.75, 3.05) is 16.8 Å². The van der Waals surface area contributed by atoms with Gasteiger partial charge < -0.3 is 10.4 Å². The Kier molecular flexibility index (Phi) is 16.1. The summed E-state index contributed by atoms with van der Waals surface area (Å²) in [5.41, 5.74) is 1.79. The van der Waals surface area contributed by atoms with Gasteiger partial charge in [-0.2, -0.15) is 0 Å². The number of nitrogens with one attached hydrogen (secondary N) is 1. The molecule has 6 nitrogen and oxygen atoms in total. The van der Waals surface area contributed by atoms with Gasteiger partial charge in [0.25, 0.3) is 6.41 Å². The van der Waals surface area contributed by atoms with Gasteiger partial charge in [-0.3, -0.25) is 4.74 Å². The molecule has 0 bridgehead atoms. The number of thioether (sulfide) groups is 1. The van der Waals surface area contributed by atoms with Crippen LogP contribution in [0.2, 0.25) is 0 Å². The summed E-state index contributed by atoms with van der Waals surface area (Å²) in [6.07, 6.45) is 14.5. The lowest BCUT2D eigenvalue weighted by atomic mass is 9.79. The van der Waals surface area contributed by atoms with Gasteiger partial charge in [-0.05, 0) is 53.5 Å². The molecule has 1 aromatic rings. The Hall–Kier alpha value is -0.640. The topological polar surface area (TPSA) is 63.2 Å². The molecule has 0 aliphatic carbocycles. The zero-order chi connectivity index (χ0) is 29.6. The third-order valence-corrected chi connectivity index (χ3v) is 8.89. The number of phenolic OH excluding ortho intramolecular Hbond substituents is 1. The molecule has 8 heteroatoms. The zero-order valence-electron chi connectivity index (χ0n) is 26.6. The molecule has 0 amide bonds. The largest absolute Gasteiger partial charge is 0.507 e. The minimum absolute atomic E-state index is 0.215. The number of ether oxygens (including phenoxy) is 1. The third-order valence-electron chi connectivity index (χ3n) is 7.05. The van der Waals surface area contributed by atoms with Crippen molar-refractivity contribution in [1.82, 2.24) is 4.63 Å². The van der Waals surface area contributed by atoms with Crippen LogP contribution in [0.4, 0.5) is 5.69 Å². The lowest BCUT2D eigenvalue weighted by Gasteiger charge is -2.36. The number of hydrogen-bond acceptors (Lipinski definition) is 8. The van der Waals surface area contributed by atoms with Crippen LogP contribution in [0, 0.1) is 0 Å². The highest BCUT2D eigenvalue weighted by molar-refractivity contribution is 7.99. The van der Waals surface area contributed by atoms with Crippen LogP contribution in [0.25, 0.3) is 0 Å². The second-order valence-corrected chi connectivity index (χ2v) is 15.1. The summed E-state index contributed by atoms with van der Waals surface area (Å²) in [6.45, 7) is 17.2. The Morgan fingerprint density at radius 2 is 1.25 bits per heavy atom. The Labute approximate surface area is 254 Å². The molecule has 0 aromatic heterocycles. The van der Waals surface area contributed by atoms with E-state index in [0.29, 0.717) is 5.75 Å². The molecule has 0 saturated carbocycles. The van der Waals surface area contributed by atoms with Gasteiger partial charge >= 0.3 is 0 Å². The van der Waals surface area contributed by atoms with Gasteiger partial charge in [-0.25, -0.2) is 9.68 Å². The molecule has 1 fully saturated rings. The van der Waals surface area contributed by atoms with E-state index in [0.717, 1.165) is 41.2 Å². The molecule has 2 unspecified atom stereocenters. The van der Waals surface area contributed by atoms with Crippen molar-refractivity contribution in [1.29, 1.82) is 0 Å². The standard InChI is InChI=1S/C32H58N2O4S2/c1-9-11-13-15-17-19-21-39-30-36-29(37-34(38-30)40-22-20-18-16-14-12-10-2)33-25-23-26(31(3,4)5)28(35)27(24-25)32(6,7)8/h23-24,29-30,33,35H,9-22H2,1-8H3. The Morgan fingerprint density at radius 3 is 1.77 bits per heavy atom. The number of unbranched alkanes of at least 4 members (excludes halogenated alkanes) is 10. The first-order chi connectivity index (χ1) is 19.0. The van der Waals surface area contributed by atoms with E-state index in [4.69, 9.17) is 14.4 Å². The van der Waals surface area contributed by atoms with Crippen LogP contribution in [0.15, 0.2) is 12.1 Å². The van der Waals surface area contributed by atoms with Crippen LogP contribution in [0.5, 0.6) is 5.75 Å². The lowest BCUT2D eigenvalue weighted by molar-refractivity contribution is -0.447. The number of hydrogen-bond donors (Lipinski definition) is 2. The zero-order valence-corrected chi connectivity index (χ0v) is 28.3. The van der Waals surface area contributed by atoms with Gasteiger partial charge in [-0.15, -0.1) is 0 Å². The summed E-state index contributed by atoms with van der Waals surface area (Å²) in [4.78, 5) is 12.1. The molecule has 1 heterocycles. The van der Waals surface area contributed by atoms with Crippen LogP contribution in [0.3, 0.4) is 0 Å². The smallest absolute Gasteiger partial charge is 0.262 e. The normalized spacial score (nSPS) is 18.8. The predicted molar refractivity (Wildman–Crippen MR) is 173 cm³/mol. The summed E-state index contributed by atoms with van der Waals surface area (Å²) in [7, 11) is 0. The molecule has 232 valence electrons. The summed E-state index contributed by atoms with van der Waals surface area (Å²) in [6, 6.07) is 4.03. The monoisotopic (exact) mass is 598 g/mol. The van der Waals surface area contributed by atoms with Crippen LogP contribution < -0.4 is 5.32 Å². The fraction of sp³-hybridized carbons (Fsp3) is 0.812. The van der Waals surface area contributed by atoms with Crippen LogP contribution in [0.1, 0.15) is 144 Å². The first-order valence-electron chi connectivity index (χ1n) is 15.6. The van der Waals surface area contributed by atoms with E-state index in [9.17, 15) is 5.11 Å². The number of phenols is 1. The van der Waals surface area contributed by atoms with E-state index in [2.05, 4.69) is 60.7 Å². The summed E-state index contributed by atoms with van der Waals surface area (Å²) in [5, 5.41) is 14.6. The molecular formula is C32H58N2O4S2. The molecule has 1 aliphatic rings. The van der Waals surface area contributed by atoms with Crippen LogP contribution >= 0.6 is 23.7 Å². The highest BCUT2D eigenvalue weighted by Crippen LogP contribution is 2.41. The highest BCUT2D eigenvalue weighted by Gasteiger charge is 2.32. The Balaban J connectivity index is 2.07. The Bertz CT molecular complexity index is 780. The molecule has 1 aliphatic heterocycles. The third kappa shape index (κ3) is 13.1. The van der Waals surface area contributed by atoms with Gasteiger partial charge in [0, 0.05) is 27.2 Å². The molecule has 0 spiro atoms. The first-order valence-corrected chi connectivity index (χ1v) is 17.6. The van der Waals surface area contributed by atoms with Crippen molar-refractivity contribution in [3.63, 3.8) is 0 Å². The van der Waals surface area contributed by atoms with Crippen molar-refractivity contribution in [2.24, 2.45) is 0 Å². The minimum Gasteiger partial charge on any atom is -0.507 e. The van der Waals surface area contributed by atoms with Gasteiger partial charge in [0.1, 0.15) is 5.75 Å². The number of nitrogens with zero attached hydrogens (tertiary/aromatic N) is 1. The molecule has 2 N–H and O–H groups in total. The second kappa shape index (κ2) is 18.1. The Morgan fingerprint density at radius 1 is 0.750 bits per heavy atom. The molecule has 0 radical (unpaired) electrons. The summed E-state index contributed by atoms with van der Waals surface area (Å²) >= 11 is 3.25. The number of benzene rings is 1. The van der Waals surface area contributed by atoms with E-state index in [1.807, 2.05) is 12.1 Å². The van der Waals surface area contributed by atoms with E-state index in [-0.39, 0.29) is 10.8 Å². The molecular weight excluding hydrogens is 540 g/mol. The molecule has 40 heavy (non-hydrogen) atoms. The van der Waals surface area contributed by atoms with Crippen molar-refractivity contribution in [3.05, 3.63) is 23.3 Å². The van der Waals surface area contributed by atoms with E-state index < -0.39 is 12.0 Å². The van der Waals surface area contributed by atoms with Gasteiger partial charge in [0.2, 0.25) is 5.62 Å². The summed E-state index contributed by atoms with van der Waals surface area (Å²) < 4.78 is 7.75. The summed E-state index contributed by atoms with van der Waals surface area (Å²) in [5.74, 6) is 2.29. The van der Waals surface area contributed by atoms with Crippen molar-refractivity contribution in [2.45, 2.75) is 155 Å². The fourth-order valence-corrected chi connectivity index (χ4v) is 6.29. The molecule has 2 rings (SSSR count). The van der Waals surface area contributed by atoms with Gasteiger partial charge in [0.05, 0.1) is 0 Å². The predicted octanol–water partition coefficient (Wildman–Crippen LogP) is 10.3. The maximum Gasteiger partial charge on any atom is 0.262 e. The average Bonchev–Trinajstić information content (AvgIpc) is 2.87. The average molecular weight is 599 g/mol. The van der Waals surface area contributed by atoms with E-state index in [1.165, 1.54) is 64.2 Å². The maximum atomic E-state index is 11.1. The van der Waals surface area contributed by atoms with E-state index >= 15 is 0 Å². The number of anilines is 1. The number of rotatable bonds is 18. The van der Waals surface area contributed by atoms with Crippen molar-refractivity contribution < 1.29 is 19.5 Å². The van der Waals surface area contributed by atoms with Gasteiger partial charge in [0.15, 0.2) is 0 Å². The molecule has 1 aromatic carbocycles.